The number of halogens is 1. The summed E-state index contributed by atoms with van der Waals surface area (Å²) in [6.07, 6.45) is -4.12. The van der Waals surface area contributed by atoms with E-state index in [-0.39, 0.29) is 17.8 Å². The van der Waals surface area contributed by atoms with Crippen LogP contribution in [0.4, 0.5) is 4.39 Å². The van der Waals surface area contributed by atoms with Gasteiger partial charge in [0.2, 0.25) is 5.58 Å². The summed E-state index contributed by atoms with van der Waals surface area (Å²) in [6.45, 7) is -0.858. The first-order valence-corrected chi connectivity index (χ1v) is 8.39. The lowest BCUT2D eigenvalue weighted by Gasteiger charge is -2.18. The molecule has 3 heterocycles. The molecular weight excluding hydrogens is 377 g/mol. The minimum Gasteiger partial charge on any atom is -0.394 e. The van der Waals surface area contributed by atoms with Gasteiger partial charge in [-0.3, -0.25) is 13.9 Å². The van der Waals surface area contributed by atoms with Gasteiger partial charge in [-0.1, -0.05) is 11.2 Å². The van der Waals surface area contributed by atoms with E-state index >= 15 is 0 Å². The topological polar surface area (TPSA) is 140 Å². The molecule has 148 valence electrons. The average molecular weight is 393 g/mol. The molecule has 4 rings (SSSR count). The largest absolute Gasteiger partial charge is 0.394 e. The molecule has 0 aliphatic carbocycles. The van der Waals surface area contributed by atoms with Crippen molar-refractivity contribution in [1.29, 1.82) is 0 Å². The molecule has 11 heteroatoms. The number of aliphatic hydroxyl groups excluding tert-OH is 3. The van der Waals surface area contributed by atoms with Crippen LogP contribution >= 0.6 is 0 Å². The van der Waals surface area contributed by atoms with E-state index in [1.807, 2.05) is 0 Å². The first-order valence-electron chi connectivity index (χ1n) is 8.39. The van der Waals surface area contributed by atoms with Crippen LogP contribution in [0.2, 0.25) is 0 Å². The highest BCUT2D eigenvalue weighted by atomic mass is 19.1. The molecule has 0 radical (unpaired) electrons. The second-order valence-electron chi connectivity index (χ2n) is 6.40. The molecule has 1 fully saturated rings. The van der Waals surface area contributed by atoms with Crippen LogP contribution in [0.1, 0.15) is 11.9 Å². The Morgan fingerprint density at radius 1 is 1.18 bits per heavy atom. The highest BCUT2D eigenvalue weighted by Gasteiger charge is 2.43. The van der Waals surface area contributed by atoms with Gasteiger partial charge >= 0.3 is 5.69 Å². The Balaban J connectivity index is 1.75. The van der Waals surface area contributed by atoms with Gasteiger partial charge in [0.1, 0.15) is 24.0 Å². The molecule has 2 aromatic heterocycles. The van der Waals surface area contributed by atoms with Crippen molar-refractivity contribution in [3.8, 4) is 0 Å². The lowest BCUT2D eigenvalue weighted by Crippen LogP contribution is -2.43. The highest BCUT2D eigenvalue weighted by molar-refractivity contribution is 5.79. The van der Waals surface area contributed by atoms with Crippen molar-refractivity contribution in [1.82, 2.24) is 14.3 Å². The molecule has 3 N–H and O–H groups in total. The Morgan fingerprint density at radius 3 is 2.68 bits per heavy atom. The minimum atomic E-state index is -1.48. The van der Waals surface area contributed by atoms with Crippen molar-refractivity contribution in [2.45, 2.75) is 31.1 Å². The SMILES string of the molecule is O=c1ccn([C@@H]2O[C@H](CO)C(O)[C@@H]2O)c(=O)n1Cc1noc2c(F)cccc12. The molecule has 1 saturated heterocycles. The molecule has 0 amide bonds. The number of fused-ring (bicyclic) bond motifs is 1. The molecule has 0 bridgehead atoms. The second kappa shape index (κ2) is 6.95. The standard InChI is InChI=1S/C17H16FN3O7/c18-9-3-1-2-8-10(19-28-15(8)9)6-21-12(23)4-5-20(17(21)26)16-14(25)13(24)11(7-22)27-16/h1-5,11,13-14,16,22,24-25H,6-7H2/t11-,13?,14+,16-/m1/s1. The van der Waals surface area contributed by atoms with Crippen LogP contribution < -0.4 is 11.2 Å². The molecule has 0 saturated carbocycles. The summed E-state index contributed by atoms with van der Waals surface area (Å²) < 4.78 is 25.8. The number of hydrogen-bond donors (Lipinski definition) is 3. The highest BCUT2D eigenvalue weighted by Crippen LogP contribution is 2.28. The van der Waals surface area contributed by atoms with Gasteiger partial charge in [0.05, 0.1) is 13.2 Å². The number of benzene rings is 1. The normalized spacial score (nSPS) is 24.9. The van der Waals surface area contributed by atoms with Crippen LogP contribution in [0.5, 0.6) is 0 Å². The van der Waals surface area contributed by atoms with Crippen molar-refractivity contribution in [3.05, 3.63) is 62.8 Å². The molecule has 4 atom stereocenters. The fraction of sp³-hybridized carbons (Fsp3) is 0.353. The number of para-hydroxylation sites is 1. The van der Waals surface area contributed by atoms with Gasteiger partial charge in [0.25, 0.3) is 5.56 Å². The predicted molar refractivity (Wildman–Crippen MR) is 91.0 cm³/mol. The maximum atomic E-state index is 13.8. The second-order valence-corrected chi connectivity index (χ2v) is 6.40. The Morgan fingerprint density at radius 2 is 1.96 bits per heavy atom. The maximum absolute atomic E-state index is 13.8. The van der Waals surface area contributed by atoms with E-state index in [4.69, 9.17) is 9.26 Å². The summed E-state index contributed by atoms with van der Waals surface area (Å²) >= 11 is 0. The van der Waals surface area contributed by atoms with Crippen LogP contribution in [0.25, 0.3) is 11.0 Å². The van der Waals surface area contributed by atoms with E-state index in [9.17, 15) is 29.3 Å². The van der Waals surface area contributed by atoms with E-state index in [1.165, 1.54) is 12.1 Å². The molecule has 28 heavy (non-hydrogen) atoms. The molecule has 1 unspecified atom stereocenters. The zero-order valence-corrected chi connectivity index (χ0v) is 14.3. The van der Waals surface area contributed by atoms with Crippen molar-refractivity contribution in [2.24, 2.45) is 0 Å². The van der Waals surface area contributed by atoms with Crippen molar-refractivity contribution >= 4 is 11.0 Å². The Hall–Kier alpha value is -2.86. The summed E-state index contributed by atoms with van der Waals surface area (Å²) in [5, 5.41) is 33.2. The lowest BCUT2D eigenvalue weighted by atomic mass is 10.1. The number of aromatic nitrogens is 3. The maximum Gasteiger partial charge on any atom is 0.333 e. The third-order valence-corrected chi connectivity index (χ3v) is 4.72. The lowest BCUT2D eigenvalue weighted by molar-refractivity contribution is -0.0555. The van der Waals surface area contributed by atoms with Gasteiger partial charge < -0.3 is 24.6 Å². The van der Waals surface area contributed by atoms with Crippen molar-refractivity contribution in [3.63, 3.8) is 0 Å². The van der Waals surface area contributed by atoms with E-state index in [0.717, 1.165) is 21.4 Å². The average Bonchev–Trinajstić information content (AvgIpc) is 3.22. The zero-order chi connectivity index (χ0) is 20.0. The fourth-order valence-corrected chi connectivity index (χ4v) is 3.22. The van der Waals surface area contributed by atoms with Crippen LogP contribution in [0, 0.1) is 5.82 Å². The third kappa shape index (κ3) is 2.85. The van der Waals surface area contributed by atoms with Gasteiger partial charge in [-0.15, -0.1) is 0 Å². The van der Waals surface area contributed by atoms with Crippen LogP contribution in [0.3, 0.4) is 0 Å². The Bertz CT molecular complexity index is 1140. The number of rotatable bonds is 4. The number of ether oxygens (including phenoxy) is 1. The molecule has 1 aromatic carbocycles. The van der Waals surface area contributed by atoms with E-state index in [1.54, 1.807) is 6.07 Å². The van der Waals surface area contributed by atoms with Gasteiger partial charge in [-0.25, -0.2) is 9.18 Å². The summed E-state index contributed by atoms with van der Waals surface area (Å²) in [4.78, 5) is 25.0. The summed E-state index contributed by atoms with van der Waals surface area (Å²) in [5.74, 6) is -0.624. The summed E-state index contributed by atoms with van der Waals surface area (Å²) in [7, 11) is 0. The van der Waals surface area contributed by atoms with Crippen LogP contribution in [-0.4, -0.2) is 54.5 Å². The summed E-state index contributed by atoms with van der Waals surface area (Å²) in [5.41, 5.74) is -1.41. The number of nitrogens with zero attached hydrogens (tertiary/aromatic N) is 3. The number of aliphatic hydroxyl groups is 3. The molecule has 1 aliphatic heterocycles. The first kappa shape index (κ1) is 18.5. The minimum absolute atomic E-state index is 0.0923. The van der Waals surface area contributed by atoms with Gasteiger partial charge in [-0.2, -0.15) is 0 Å². The molecule has 3 aromatic rings. The Labute approximate surface area is 155 Å². The molecule has 0 spiro atoms. The smallest absolute Gasteiger partial charge is 0.333 e. The van der Waals surface area contributed by atoms with E-state index in [0.29, 0.717) is 5.39 Å². The first-order chi connectivity index (χ1) is 13.4. The molecular formula is C17H16FN3O7. The van der Waals surface area contributed by atoms with Crippen molar-refractivity contribution < 1.29 is 29.0 Å². The van der Waals surface area contributed by atoms with Crippen molar-refractivity contribution in [2.75, 3.05) is 6.61 Å². The van der Waals surface area contributed by atoms with Gasteiger partial charge in [0.15, 0.2) is 12.0 Å². The third-order valence-electron chi connectivity index (χ3n) is 4.72. The Kier molecular flexibility index (Phi) is 4.59. The van der Waals surface area contributed by atoms with Gasteiger partial charge in [-0.05, 0) is 12.1 Å². The van der Waals surface area contributed by atoms with E-state index < -0.39 is 48.2 Å². The fourth-order valence-electron chi connectivity index (χ4n) is 3.22. The van der Waals surface area contributed by atoms with Crippen LogP contribution in [-0.2, 0) is 11.3 Å². The molecule has 1 aliphatic rings. The quantitative estimate of drug-likeness (QED) is 0.510. The van der Waals surface area contributed by atoms with E-state index in [2.05, 4.69) is 5.16 Å². The predicted octanol–water partition coefficient (Wildman–Crippen LogP) is -1.05. The van der Waals surface area contributed by atoms with Gasteiger partial charge in [0, 0.05) is 17.6 Å². The molecule has 10 nitrogen and oxygen atoms in total. The summed E-state index contributed by atoms with van der Waals surface area (Å²) in [6, 6.07) is 5.27. The monoisotopic (exact) mass is 393 g/mol. The number of hydrogen-bond acceptors (Lipinski definition) is 8. The zero-order valence-electron chi connectivity index (χ0n) is 14.3. The van der Waals surface area contributed by atoms with Crippen LogP contribution in [0.15, 0.2) is 44.6 Å².